The second-order valence-electron chi connectivity index (χ2n) is 10.1. The van der Waals surface area contributed by atoms with E-state index in [1.165, 1.54) is 21.7 Å². The number of anilines is 2. The minimum atomic E-state index is -4.20. The van der Waals surface area contributed by atoms with Crippen molar-refractivity contribution in [3.05, 3.63) is 28.6 Å². The highest BCUT2D eigenvalue weighted by Gasteiger charge is 2.74. The van der Waals surface area contributed by atoms with E-state index in [2.05, 4.69) is 47.6 Å². The van der Waals surface area contributed by atoms with E-state index < -0.39 is 66.3 Å². The molecule has 3 aliphatic rings. The summed E-state index contributed by atoms with van der Waals surface area (Å²) >= 11 is 10.1. The third-order valence-electron chi connectivity index (χ3n) is 7.42. The first kappa shape index (κ1) is 30.3. The number of rotatable bonds is 9. The first-order chi connectivity index (χ1) is 20.9. The van der Waals surface area contributed by atoms with Gasteiger partial charge in [0.2, 0.25) is 5.95 Å². The third kappa shape index (κ3) is 5.10. The quantitative estimate of drug-likeness (QED) is 0.0808. The third-order valence-corrected chi connectivity index (χ3v) is 11.2. The lowest BCUT2D eigenvalue weighted by Gasteiger charge is -2.27. The van der Waals surface area contributed by atoms with Gasteiger partial charge in [-0.25, -0.2) is 19.2 Å². The number of nitrogens with one attached hydrogen (secondary N) is 1. The number of thioether (sulfide) groups is 1. The molecule has 4 aromatic rings. The summed E-state index contributed by atoms with van der Waals surface area (Å²) < 4.78 is 36.7. The van der Waals surface area contributed by atoms with Crippen LogP contribution in [-0.4, -0.2) is 102 Å². The minimum absolute atomic E-state index is 0.0246. The summed E-state index contributed by atoms with van der Waals surface area (Å²) in [6.07, 6.45) is -2.37. The highest BCUT2D eigenvalue weighted by molar-refractivity contribution is 8.39. The molecular formula is C19H22N11O9P2S3+. The van der Waals surface area contributed by atoms with Gasteiger partial charge in [0.15, 0.2) is 22.6 Å². The van der Waals surface area contributed by atoms with Crippen LogP contribution in [0.5, 0.6) is 0 Å². The normalized spacial score (nSPS) is 33.1. The van der Waals surface area contributed by atoms with Crippen LogP contribution in [0.1, 0.15) is 23.6 Å². The van der Waals surface area contributed by atoms with Crippen LogP contribution in [0.4, 0.5) is 11.8 Å². The van der Waals surface area contributed by atoms with Gasteiger partial charge in [-0.2, -0.15) is 10.1 Å². The van der Waals surface area contributed by atoms with Crippen molar-refractivity contribution in [3.8, 4) is 0 Å². The number of aromatic nitrogens is 9. The number of fused-ring (bicyclic) bond motifs is 3. The number of nitrogens with two attached hydrogens (primary N) is 2. The highest BCUT2D eigenvalue weighted by atomic mass is 32.7. The minimum Gasteiger partial charge on any atom is -0.389 e. The van der Waals surface area contributed by atoms with Crippen molar-refractivity contribution in [1.82, 2.24) is 44.5 Å². The Kier molecular flexibility index (Phi) is 7.46. The Hall–Kier alpha value is -2.40. The Morgan fingerprint density at radius 3 is 2.86 bits per heavy atom. The van der Waals surface area contributed by atoms with Crippen LogP contribution >= 0.6 is 38.0 Å². The summed E-state index contributed by atoms with van der Waals surface area (Å²) in [4.78, 5) is 38.0. The van der Waals surface area contributed by atoms with Gasteiger partial charge in [-0.3, -0.25) is 18.8 Å². The number of aliphatic hydroxyl groups is 2. The predicted molar refractivity (Wildman–Crippen MR) is 158 cm³/mol. The lowest BCUT2D eigenvalue weighted by molar-refractivity contribution is -0.00496. The SMILES string of the molecule is Nc1nc2c(nnn2[C@@H]2S[C@H](CO[P+](=O)S)[C@@H](O)[C@H]2OP(O)(=S)OC2[C@H]3O[C@@H](c4cnc5c(N)ncnn45)C[C@@]23O)c(=O)[nH]1. The Morgan fingerprint density at radius 2 is 2.14 bits per heavy atom. The van der Waals surface area contributed by atoms with Gasteiger partial charge in [-0.15, -0.1) is 21.4 Å². The van der Waals surface area contributed by atoms with Crippen molar-refractivity contribution in [2.24, 2.45) is 0 Å². The first-order valence-corrected chi connectivity index (χ1v) is 18.5. The van der Waals surface area contributed by atoms with Gasteiger partial charge in [0.05, 0.1) is 23.2 Å². The topological polar surface area (TPSA) is 286 Å². The smallest absolute Gasteiger partial charge is 0.389 e. The van der Waals surface area contributed by atoms with Crippen molar-refractivity contribution < 1.29 is 38.0 Å². The molecule has 2 saturated heterocycles. The Balaban J connectivity index is 1.10. The number of hydrogen-bond acceptors (Lipinski definition) is 18. The van der Waals surface area contributed by atoms with Crippen molar-refractivity contribution in [2.75, 3.05) is 18.1 Å². The van der Waals surface area contributed by atoms with Crippen LogP contribution in [0.25, 0.3) is 16.8 Å². The van der Waals surface area contributed by atoms with Crippen LogP contribution in [0, 0.1) is 0 Å². The van der Waals surface area contributed by atoms with Gasteiger partial charge in [-0.1, -0.05) is 5.21 Å². The molecule has 0 bridgehead atoms. The van der Waals surface area contributed by atoms with Gasteiger partial charge in [0.1, 0.15) is 60.6 Å². The van der Waals surface area contributed by atoms with Gasteiger partial charge in [0.25, 0.3) is 5.56 Å². The summed E-state index contributed by atoms with van der Waals surface area (Å²) in [5.41, 5.74) is 10.1. The molecule has 2 aliphatic heterocycles. The van der Waals surface area contributed by atoms with Crippen LogP contribution in [-0.2, 0) is 34.7 Å². The molecule has 8 N–H and O–H groups in total. The zero-order chi connectivity index (χ0) is 31.1. The fourth-order valence-electron chi connectivity index (χ4n) is 5.35. The summed E-state index contributed by atoms with van der Waals surface area (Å²) in [5, 5.41) is 32.6. The molecule has 234 valence electrons. The number of nitrogen functional groups attached to an aromatic ring is 2. The number of aliphatic hydroxyl groups excluding tert-OH is 1. The number of H-pyrrole nitrogens is 1. The van der Waals surface area contributed by atoms with Gasteiger partial charge < -0.3 is 31.3 Å². The molecule has 6 heterocycles. The van der Waals surface area contributed by atoms with E-state index in [1.54, 1.807) is 0 Å². The monoisotopic (exact) mass is 706 g/mol. The Bertz CT molecular complexity index is 1910. The molecule has 4 aromatic heterocycles. The molecule has 0 aromatic carbocycles. The van der Waals surface area contributed by atoms with E-state index in [9.17, 15) is 24.5 Å². The second kappa shape index (κ2) is 10.9. The van der Waals surface area contributed by atoms with Crippen LogP contribution in [0.3, 0.4) is 0 Å². The van der Waals surface area contributed by atoms with E-state index in [-0.39, 0.29) is 36.0 Å². The molecule has 3 unspecified atom stereocenters. The van der Waals surface area contributed by atoms with Crippen molar-refractivity contribution >= 4 is 78.3 Å². The van der Waals surface area contributed by atoms with E-state index in [4.69, 9.17) is 41.6 Å². The molecule has 0 spiro atoms. The number of imidazole rings is 1. The Labute approximate surface area is 260 Å². The molecule has 10 atom stereocenters. The molecule has 0 amide bonds. The fourth-order valence-corrected chi connectivity index (χ4v) is 9.22. The van der Waals surface area contributed by atoms with Gasteiger partial charge >= 0.3 is 13.9 Å². The van der Waals surface area contributed by atoms with Crippen molar-refractivity contribution in [3.63, 3.8) is 0 Å². The number of hydrogen-bond donors (Lipinski definition) is 7. The van der Waals surface area contributed by atoms with Crippen LogP contribution in [0.15, 0.2) is 17.3 Å². The van der Waals surface area contributed by atoms with E-state index >= 15 is 0 Å². The fraction of sp³-hybridized carbons (Fsp3) is 0.526. The number of nitrogens with zero attached hydrogens (tertiary/aromatic N) is 8. The molecule has 20 nitrogen and oxygen atoms in total. The molecular weight excluding hydrogens is 684 g/mol. The summed E-state index contributed by atoms with van der Waals surface area (Å²) in [6, 6.07) is 0. The lowest BCUT2D eigenvalue weighted by Crippen LogP contribution is -2.35. The largest absolute Gasteiger partial charge is 0.582 e. The van der Waals surface area contributed by atoms with Crippen molar-refractivity contribution in [1.29, 1.82) is 0 Å². The molecule has 7 rings (SSSR count). The second-order valence-corrected chi connectivity index (χ2v) is 15.9. The maximum Gasteiger partial charge on any atom is 0.582 e. The maximum atomic E-state index is 12.3. The molecule has 1 aliphatic carbocycles. The number of ether oxygens (including phenoxy) is 1. The maximum absolute atomic E-state index is 12.3. The molecule has 0 radical (unpaired) electrons. The first-order valence-electron chi connectivity index (χ1n) is 12.6. The highest BCUT2D eigenvalue weighted by Crippen LogP contribution is 2.63. The summed E-state index contributed by atoms with van der Waals surface area (Å²) in [6.45, 7) is -4.42. The zero-order valence-electron chi connectivity index (χ0n) is 21.8. The van der Waals surface area contributed by atoms with E-state index in [1.807, 2.05) is 0 Å². The number of thiol groups is 1. The zero-order valence-corrected chi connectivity index (χ0v) is 26.1. The van der Waals surface area contributed by atoms with Crippen molar-refractivity contribution in [2.45, 2.75) is 53.2 Å². The van der Waals surface area contributed by atoms with E-state index in [0.29, 0.717) is 11.3 Å². The average molecular weight is 707 g/mol. The number of aromatic amines is 1. The molecule has 1 saturated carbocycles. The van der Waals surface area contributed by atoms with Crippen LogP contribution in [0.2, 0.25) is 0 Å². The summed E-state index contributed by atoms with van der Waals surface area (Å²) in [7, 11) is -2.30. The standard InChI is InChI=1S/C19H21N11O9P2S3/c20-13-15-22-2-5(29(15)24-4-23-13)6-1-19(33)11(37-6)12(19)39-41(35,43)38-10-9(31)7(3-36-40(34)42)44-17(10)30-14-8(27-28-30)16(32)26-18(21)25-14/h2,4,6-7,9-12,17,31,33H,1,3H2,(H6-,20,21,23,24,25,26,28,32,34,35,42,43)/p+1/t6-,7-,9-,10-,11-,12?,17-,19+,41?/m1/s1. The molecule has 3 fully saturated rings. The van der Waals surface area contributed by atoms with E-state index in [0.717, 1.165) is 11.8 Å². The average Bonchev–Trinajstić information content (AvgIpc) is 3.52. The van der Waals surface area contributed by atoms with Crippen LogP contribution < -0.4 is 17.0 Å². The Morgan fingerprint density at radius 1 is 1.34 bits per heavy atom. The lowest BCUT2D eigenvalue weighted by atomic mass is 10.1. The molecule has 44 heavy (non-hydrogen) atoms. The molecule has 25 heteroatoms. The summed E-state index contributed by atoms with van der Waals surface area (Å²) in [5.74, 6) is -0.0301. The predicted octanol–water partition coefficient (Wildman–Crippen LogP) is -1.04. The van der Waals surface area contributed by atoms with Gasteiger partial charge in [-0.05, 0) is 16.4 Å². The van der Waals surface area contributed by atoms with Gasteiger partial charge in [0, 0.05) is 6.42 Å².